The smallest absolute Gasteiger partial charge is 0.0982 e. The summed E-state index contributed by atoms with van der Waals surface area (Å²) < 4.78 is 5.30. The Labute approximate surface area is 143 Å². The maximum atomic E-state index is 9.56. The van der Waals surface area contributed by atoms with Crippen LogP contribution in [-0.4, -0.2) is 72.4 Å². The molecule has 0 spiro atoms. The highest BCUT2D eigenvalue weighted by Crippen LogP contribution is 2.29. The van der Waals surface area contributed by atoms with Crippen molar-refractivity contribution in [3.05, 3.63) is 16.1 Å². The Morgan fingerprint density at radius 3 is 2.35 bits per heavy atom. The van der Waals surface area contributed by atoms with Crippen molar-refractivity contribution < 1.29 is 9.84 Å². The molecule has 2 fully saturated rings. The second kappa shape index (κ2) is 6.76. The van der Waals surface area contributed by atoms with E-state index >= 15 is 0 Å². The van der Waals surface area contributed by atoms with Gasteiger partial charge in [0.2, 0.25) is 0 Å². The van der Waals surface area contributed by atoms with Gasteiger partial charge in [-0.2, -0.15) is 0 Å². The van der Waals surface area contributed by atoms with Crippen molar-refractivity contribution in [3.8, 4) is 0 Å². The van der Waals surface area contributed by atoms with Crippen LogP contribution in [0.1, 0.15) is 31.5 Å². The number of rotatable bonds is 5. The molecule has 0 radical (unpaired) electrons. The SMILES string of the molecule is CC(C)(C)c1nc(CN2CCN(CC3(CO)COC3)CC2)cs1. The zero-order chi connectivity index (χ0) is 16.5. The number of ether oxygens (including phenoxy) is 1. The normalized spacial score (nSPS) is 23.0. The van der Waals surface area contributed by atoms with E-state index in [4.69, 9.17) is 9.72 Å². The average Bonchev–Trinajstić information content (AvgIpc) is 2.93. The van der Waals surface area contributed by atoms with Gasteiger partial charge in [-0.25, -0.2) is 4.98 Å². The summed E-state index contributed by atoms with van der Waals surface area (Å²) in [5.74, 6) is 0. The van der Waals surface area contributed by atoms with Crippen molar-refractivity contribution in [3.63, 3.8) is 0 Å². The molecule has 2 saturated heterocycles. The van der Waals surface area contributed by atoms with E-state index < -0.39 is 0 Å². The molecule has 0 bridgehead atoms. The second-order valence-electron chi connectivity index (χ2n) is 8.10. The predicted molar refractivity (Wildman–Crippen MR) is 92.9 cm³/mol. The van der Waals surface area contributed by atoms with E-state index in [9.17, 15) is 5.11 Å². The lowest BCUT2D eigenvalue weighted by molar-refractivity contribution is -0.150. The van der Waals surface area contributed by atoms with Crippen molar-refractivity contribution in [2.45, 2.75) is 32.7 Å². The Bertz CT molecular complexity index is 509. The topological polar surface area (TPSA) is 48.8 Å². The molecular weight excluding hydrogens is 310 g/mol. The Morgan fingerprint density at radius 2 is 1.87 bits per heavy atom. The van der Waals surface area contributed by atoms with Gasteiger partial charge < -0.3 is 9.84 Å². The lowest BCUT2D eigenvalue weighted by Gasteiger charge is -2.45. The number of nitrogens with zero attached hydrogens (tertiary/aromatic N) is 3. The van der Waals surface area contributed by atoms with Gasteiger partial charge in [0.05, 0.1) is 35.9 Å². The number of hydrogen-bond acceptors (Lipinski definition) is 6. The highest BCUT2D eigenvalue weighted by molar-refractivity contribution is 7.09. The first kappa shape index (κ1) is 17.3. The predicted octanol–water partition coefficient (Wildman–Crippen LogP) is 1.57. The molecule has 0 aromatic carbocycles. The molecule has 23 heavy (non-hydrogen) atoms. The van der Waals surface area contributed by atoms with Gasteiger partial charge in [-0.3, -0.25) is 9.80 Å². The molecule has 6 heteroatoms. The summed E-state index contributed by atoms with van der Waals surface area (Å²) in [4.78, 5) is 9.76. The van der Waals surface area contributed by atoms with Crippen LogP contribution in [0.15, 0.2) is 5.38 Å². The Hall–Kier alpha value is -0.530. The lowest BCUT2D eigenvalue weighted by Crippen LogP contribution is -2.56. The largest absolute Gasteiger partial charge is 0.396 e. The first-order valence-electron chi connectivity index (χ1n) is 8.48. The van der Waals surface area contributed by atoms with Crippen LogP contribution < -0.4 is 0 Å². The first-order chi connectivity index (χ1) is 10.9. The fourth-order valence-corrected chi connectivity index (χ4v) is 4.05. The molecule has 3 heterocycles. The van der Waals surface area contributed by atoms with Crippen molar-refractivity contribution >= 4 is 11.3 Å². The molecule has 5 nitrogen and oxygen atoms in total. The average molecular weight is 340 g/mol. The molecule has 1 N–H and O–H groups in total. The fourth-order valence-electron chi connectivity index (χ4n) is 3.16. The van der Waals surface area contributed by atoms with Crippen LogP contribution in [0.2, 0.25) is 0 Å². The van der Waals surface area contributed by atoms with Crippen LogP contribution in [0, 0.1) is 5.41 Å². The van der Waals surface area contributed by atoms with Crippen LogP contribution in [0.3, 0.4) is 0 Å². The molecule has 1 aromatic rings. The number of aliphatic hydroxyl groups is 1. The molecule has 0 amide bonds. The highest BCUT2D eigenvalue weighted by Gasteiger charge is 2.40. The third-order valence-corrected chi connectivity index (χ3v) is 6.07. The number of aromatic nitrogens is 1. The maximum absolute atomic E-state index is 9.56. The van der Waals surface area contributed by atoms with Gasteiger partial charge in [-0.05, 0) is 0 Å². The Kier molecular flexibility index (Phi) is 5.09. The number of piperazine rings is 1. The van der Waals surface area contributed by atoms with Gasteiger partial charge in [-0.1, -0.05) is 20.8 Å². The minimum Gasteiger partial charge on any atom is -0.396 e. The van der Waals surface area contributed by atoms with E-state index in [1.807, 2.05) is 0 Å². The molecule has 0 aliphatic carbocycles. The zero-order valence-electron chi connectivity index (χ0n) is 14.5. The molecule has 2 aliphatic heterocycles. The van der Waals surface area contributed by atoms with Gasteiger partial charge in [0.15, 0.2) is 0 Å². The van der Waals surface area contributed by atoms with E-state index in [0.717, 1.165) is 39.3 Å². The molecule has 2 aliphatic rings. The summed E-state index contributed by atoms with van der Waals surface area (Å²) in [6.45, 7) is 14.5. The van der Waals surface area contributed by atoms with Crippen LogP contribution in [0.4, 0.5) is 0 Å². The van der Waals surface area contributed by atoms with Crippen LogP contribution in [0.25, 0.3) is 0 Å². The number of hydrogen-bond donors (Lipinski definition) is 1. The third kappa shape index (κ3) is 4.12. The summed E-state index contributed by atoms with van der Waals surface area (Å²) >= 11 is 1.78. The summed E-state index contributed by atoms with van der Waals surface area (Å²) in [7, 11) is 0. The van der Waals surface area contributed by atoms with Gasteiger partial charge in [0, 0.05) is 50.1 Å². The highest BCUT2D eigenvalue weighted by atomic mass is 32.1. The third-order valence-electron chi connectivity index (χ3n) is 4.75. The summed E-state index contributed by atoms with van der Waals surface area (Å²) in [5.41, 5.74) is 1.34. The van der Waals surface area contributed by atoms with Crippen molar-refractivity contribution in [1.82, 2.24) is 14.8 Å². The molecular formula is C17H29N3O2S. The molecule has 3 rings (SSSR count). The number of thiazole rings is 1. The van der Waals surface area contributed by atoms with E-state index in [1.165, 1.54) is 10.7 Å². The van der Waals surface area contributed by atoms with Crippen LogP contribution in [-0.2, 0) is 16.7 Å². The van der Waals surface area contributed by atoms with Gasteiger partial charge >= 0.3 is 0 Å². The first-order valence-corrected chi connectivity index (χ1v) is 9.36. The van der Waals surface area contributed by atoms with E-state index in [2.05, 4.69) is 36.0 Å². The number of aliphatic hydroxyl groups excluding tert-OH is 1. The molecule has 0 saturated carbocycles. The standard InChI is InChI=1S/C17H29N3O2S/c1-16(2,3)15-18-14(9-23-15)8-19-4-6-20(7-5-19)10-17(11-21)12-22-13-17/h9,21H,4-8,10-13H2,1-3H3. The molecule has 0 atom stereocenters. The van der Waals surface area contributed by atoms with Gasteiger partial charge in [-0.15, -0.1) is 11.3 Å². The quantitative estimate of drug-likeness (QED) is 0.882. The van der Waals surface area contributed by atoms with Crippen molar-refractivity contribution in [2.75, 3.05) is 52.5 Å². The van der Waals surface area contributed by atoms with Gasteiger partial charge in [0.25, 0.3) is 0 Å². The Balaban J connectivity index is 1.47. The van der Waals surface area contributed by atoms with Crippen molar-refractivity contribution in [1.29, 1.82) is 0 Å². The Morgan fingerprint density at radius 1 is 1.22 bits per heavy atom. The molecule has 1 aromatic heterocycles. The minimum absolute atomic E-state index is 0.00130. The van der Waals surface area contributed by atoms with Crippen molar-refractivity contribution in [2.24, 2.45) is 5.41 Å². The monoisotopic (exact) mass is 339 g/mol. The van der Waals surface area contributed by atoms with Gasteiger partial charge in [0.1, 0.15) is 0 Å². The second-order valence-corrected chi connectivity index (χ2v) is 8.96. The van der Waals surface area contributed by atoms with Crippen LogP contribution in [0.5, 0.6) is 0 Å². The maximum Gasteiger partial charge on any atom is 0.0982 e. The molecule has 130 valence electrons. The summed E-state index contributed by atoms with van der Waals surface area (Å²) in [6, 6.07) is 0. The zero-order valence-corrected chi connectivity index (χ0v) is 15.4. The molecule has 0 unspecified atom stereocenters. The van der Waals surface area contributed by atoms with E-state index in [1.54, 1.807) is 11.3 Å². The van der Waals surface area contributed by atoms with E-state index in [-0.39, 0.29) is 17.4 Å². The minimum atomic E-state index is -0.00130. The fraction of sp³-hybridized carbons (Fsp3) is 0.824. The van der Waals surface area contributed by atoms with E-state index in [0.29, 0.717) is 13.2 Å². The van der Waals surface area contributed by atoms with Crippen LogP contribution >= 0.6 is 11.3 Å². The summed E-state index contributed by atoms with van der Waals surface area (Å²) in [6.07, 6.45) is 0. The summed E-state index contributed by atoms with van der Waals surface area (Å²) in [5, 5.41) is 13.0. The lowest BCUT2D eigenvalue weighted by atomic mass is 9.86.